The number of hydrogen-bond donors (Lipinski definition) is 0. The van der Waals surface area contributed by atoms with E-state index in [0.717, 1.165) is 37.4 Å². The molecule has 0 saturated carbocycles. The molecule has 1 fully saturated rings. The van der Waals surface area contributed by atoms with Crippen LogP contribution in [0.4, 0.5) is 31.7 Å². The van der Waals surface area contributed by atoms with Crippen molar-refractivity contribution < 1.29 is 13.7 Å². The molecule has 0 spiro atoms. The van der Waals surface area contributed by atoms with Gasteiger partial charge in [-0.1, -0.05) is 0 Å². The summed E-state index contributed by atoms with van der Waals surface area (Å²) >= 11 is 0. The average Bonchev–Trinajstić information content (AvgIpc) is 2.84. The van der Waals surface area contributed by atoms with Crippen molar-refractivity contribution in [3.05, 3.63) is 88.6 Å². The number of hydrogen-bond acceptors (Lipinski definition) is 6. The first-order valence-corrected chi connectivity index (χ1v) is 10.9. The number of piperazine rings is 1. The number of anilines is 3. The van der Waals surface area contributed by atoms with Crippen molar-refractivity contribution in [3.8, 4) is 0 Å². The first-order chi connectivity index (χ1) is 16.0. The SMILES string of the molecule is O=[N+]([O-])c1cccnc1N1CCN(CCCN(c2ccc(F)cc2)c2ccc(F)cc2)CC1. The summed E-state index contributed by atoms with van der Waals surface area (Å²) in [6, 6.07) is 15.6. The molecule has 3 aromatic rings. The Balaban J connectivity index is 1.35. The largest absolute Gasteiger partial charge is 0.348 e. The lowest BCUT2D eigenvalue weighted by atomic mass is 10.2. The molecule has 33 heavy (non-hydrogen) atoms. The molecule has 0 radical (unpaired) electrons. The highest BCUT2D eigenvalue weighted by Crippen LogP contribution is 2.27. The molecule has 1 aliphatic rings. The van der Waals surface area contributed by atoms with Crippen LogP contribution < -0.4 is 9.80 Å². The number of halogens is 2. The van der Waals surface area contributed by atoms with E-state index in [1.807, 2.05) is 9.80 Å². The number of aromatic nitrogens is 1. The summed E-state index contributed by atoms with van der Waals surface area (Å²) in [5.74, 6) is -0.186. The molecular weight excluding hydrogens is 428 g/mol. The summed E-state index contributed by atoms with van der Waals surface area (Å²) in [5, 5.41) is 11.3. The second-order valence-electron chi connectivity index (χ2n) is 7.89. The topological polar surface area (TPSA) is 65.8 Å². The molecule has 172 valence electrons. The third kappa shape index (κ3) is 5.61. The number of pyridine rings is 1. The van der Waals surface area contributed by atoms with Crippen molar-refractivity contribution in [1.29, 1.82) is 0 Å². The fraction of sp³-hybridized carbons (Fsp3) is 0.292. The first kappa shape index (κ1) is 22.6. The second-order valence-corrected chi connectivity index (χ2v) is 7.89. The van der Waals surface area contributed by atoms with E-state index >= 15 is 0 Å². The minimum absolute atomic E-state index is 0.0280. The van der Waals surface area contributed by atoms with E-state index in [0.29, 0.717) is 25.5 Å². The van der Waals surface area contributed by atoms with Crippen LogP contribution in [0.15, 0.2) is 66.9 Å². The zero-order chi connectivity index (χ0) is 23.2. The molecule has 0 amide bonds. The predicted octanol–water partition coefficient (Wildman–Crippen LogP) is 4.62. The van der Waals surface area contributed by atoms with Crippen LogP contribution in [-0.4, -0.2) is 54.1 Å². The molecule has 1 saturated heterocycles. The molecule has 0 bridgehead atoms. The van der Waals surface area contributed by atoms with E-state index in [2.05, 4.69) is 9.88 Å². The highest BCUT2D eigenvalue weighted by molar-refractivity contribution is 5.63. The Bertz CT molecular complexity index is 1030. The fourth-order valence-electron chi connectivity index (χ4n) is 4.06. The van der Waals surface area contributed by atoms with Crippen LogP contribution >= 0.6 is 0 Å². The Morgan fingerprint density at radius 1 is 0.909 bits per heavy atom. The zero-order valence-corrected chi connectivity index (χ0v) is 18.1. The van der Waals surface area contributed by atoms with Gasteiger partial charge in [0, 0.05) is 56.4 Å². The highest BCUT2D eigenvalue weighted by atomic mass is 19.1. The summed E-state index contributed by atoms with van der Waals surface area (Å²) in [6.07, 6.45) is 2.42. The molecule has 0 unspecified atom stereocenters. The van der Waals surface area contributed by atoms with Gasteiger partial charge in [0.25, 0.3) is 0 Å². The van der Waals surface area contributed by atoms with Gasteiger partial charge < -0.3 is 9.80 Å². The average molecular weight is 453 g/mol. The monoisotopic (exact) mass is 453 g/mol. The van der Waals surface area contributed by atoms with Crippen LogP contribution in [0, 0.1) is 21.7 Å². The number of benzene rings is 2. The molecule has 0 aliphatic carbocycles. The molecule has 4 rings (SSSR count). The Morgan fingerprint density at radius 2 is 1.48 bits per heavy atom. The van der Waals surface area contributed by atoms with Gasteiger partial charge in [0.2, 0.25) is 5.82 Å². The third-order valence-electron chi connectivity index (χ3n) is 5.77. The Hall–Kier alpha value is -3.59. The molecule has 0 N–H and O–H groups in total. The second kappa shape index (κ2) is 10.4. The highest BCUT2D eigenvalue weighted by Gasteiger charge is 2.24. The Morgan fingerprint density at radius 3 is 2.03 bits per heavy atom. The van der Waals surface area contributed by atoms with Gasteiger partial charge >= 0.3 is 5.69 Å². The van der Waals surface area contributed by atoms with Gasteiger partial charge in [-0.25, -0.2) is 13.8 Å². The van der Waals surface area contributed by atoms with Gasteiger partial charge in [0.1, 0.15) is 11.6 Å². The molecule has 2 heterocycles. The Kier molecular flexibility index (Phi) is 7.09. The van der Waals surface area contributed by atoms with E-state index in [9.17, 15) is 18.9 Å². The van der Waals surface area contributed by atoms with Gasteiger partial charge in [0.15, 0.2) is 0 Å². The van der Waals surface area contributed by atoms with E-state index < -0.39 is 4.92 Å². The van der Waals surface area contributed by atoms with Crippen molar-refractivity contribution in [1.82, 2.24) is 9.88 Å². The number of rotatable bonds is 8. The maximum atomic E-state index is 13.4. The van der Waals surface area contributed by atoms with Gasteiger partial charge in [-0.3, -0.25) is 15.0 Å². The maximum absolute atomic E-state index is 13.4. The van der Waals surface area contributed by atoms with Gasteiger partial charge in [-0.15, -0.1) is 0 Å². The minimum atomic E-state index is -0.395. The van der Waals surface area contributed by atoms with Gasteiger partial charge in [-0.05, 0) is 67.6 Å². The van der Waals surface area contributed by atoms with Crippen molar-refractivity contribution >= 4 is 22.9 Å². The smallest absolute Gasteiger partial charge is 0.311 e. The van der Waals surface area contributed by atoms with Gasteiger partial charge in [-0.2, -0.15) is 0 Å². The number of nitro groups is 1. The summed E-state index contributed by atoms with van der Waals surface area (Å²) < 4.78 is 26.8. The van der Waals surface area contributed by atoms with E-state index in [4.69, 9.17) is 0 Å². The molecule has 9 heteroatoms. The number of nitrogens with zero attached hydrogens (tertiary/aromatic N) is 5. The van der Waals surface area contributed by atoms with E-state index in [1.54, 1.807) is 36.5 Å². The Labute approximate surface area is 191 Å². The summed E-state index contributed by atoms with van der Waals surface area (Å²) in [4.78, 5) is 21.4. The zero-order valence-electron chi connectivity index (χ0n) is 18.1. The van der Waals surface area contributed by atoms with Crippen LogP contribution in [0.2, 0.25) is 0 Å². The van der Waals surface area contributed by atoms with Crippen molar-refractivity contribution in [2.24, 2.45) is 0 Å². The summed E-state index contributed by atoms with van der Waals surface area (Å²) in [7, 11) is 0. The third-order valence-corrected chi connectivity index (χ3v) is 5.77. The van der Waals surface area contributed by atoms with E-state index in [-0.39, 0.29) is 17.3 Å². The lowest BCUT2D eigenvalue weighted by molar-refractivity contribution is -0.384. The molecule has 7 nitrogen and oxygen atoms in total. The van der Waals surface area contributed by atoms with Gasteiger partial charge in [0.05, 0.1) is 4.92 Å². The van der Waals surface area contributed by atoms with Crippen LogP contribution in [0.25, 0.3) is 0 Å². The van der Waals surface area contributed by atoms with Crippen molar-refractivity contribution in [2.45, 2.75) is 6.42 Å². The molecule has 0 atom stereocenters. The van der Waals surface area contributed by atoms with Crippen LogP contribution in [0.1, 0.15) is 6.42 Å². The maximum Gasteiger partial charge on any atom is 0.311 e. The minimum Gasteiger partial charge on any atom is -0.348 e. The first-order valence-electron chi connectivity index (χ1n) is 10.9. The van der Waals surface area contributed by atoms with Crippen molar-refractivity contribution in [2.75, 3.05) is 49.1 Å². The van der Waals surface area contributed by atoms with Crippen LogP contribution in [0.3, 0.4) is 0 Å². The predicted molar refractivity (Wildman–Crippen MR) is 124 cm³/mol. The normalized spacial score (nSPS) is 14.3. The van der Waals surface area contributed by atoms with Crippen LogP contribution in [0.5, 0.6) is 0 Å². The summed E-state index contributed by atoms with van der Waals surface area (Å²) in [5.41, 5.74) is 1.71. The van der Waals surface area contributed by atoms with E-state index in [1.165, 1.54) is 30.3 Å². The lowest BCUT2D eigenvalue weighted by Gasteiger charge is -2.35. The fourth-order valence-corrected chi connectivity index (χ4v) is 4.06. The van der Waals surface area contributed by atoms with Crippen LogP contribution in [-0.2, 0) is 0 Å². The lowest BCUT2D eigenvalue weighted by Crippen LogP contribution is -2.47. The molecule has 1 aromatic heterocycles. The quantitative estimate of drug-likeness (QED) is 0.366. The molecule has 1 aliphatic heterocycles. The molecular formula is C24H25F2N5O2. The summed E-state index contributed by atoms with van der Waals surface area (Å²) in [6.45, 7) is 4.41. The standard InChI is InChI=1S/C24H25F2N5O2/c25-19-4-8-21(9-5-19)30(22-10-6-20(26)7-11-22)14-2-13-28-15-17-29(18-16-28)24-23(31(32)33)3-1-12-27-24/h1,3-12H,2,13-18H2. The molecule has 2 aromatic carbocycles. The van der Waals surface area contributed by atoms with Crippen molar-refractivity contribution in [3.63, 3.8) is 0 Å².